The molecule has 9 heteroatoms. The Morgan fingerprint density at radius 1 is 0.938 bits per heavy atom. The van der Waals surface area contributed by atoms with Gasteiger partial charge < -0.3 is 19.1 Å². The molecular formula is C23H28N2O6S. The van der Waals surface area contributed by atoms with Gasteiger partial charge in [-0.2, -0.15) is 4.31 Å². The van der Waals surface area contributed by atoms with Crippen LogP contribution in [0.3, 0.4) is 0 Å². The topological polar surface area (TPSA) is 85.4 Å². The minimum absolute atomic E-state index is 0.0363. The number of hydrogen-bond acceptors (Lipinski definition) is 6. The van der Waals surface area contributed by atoms with Crippen LogP contribution in [0.15, 0.2) is 41.3 Å². The molecule has 1 saturated heterocycles. The van der Waals surface area contributed by atoms with Gasteiger partial charge in [0.15, 0.2) is 11.5 Å². The normalized spacial score (nSPS) is 16.6. The van der Waals surface area contributed by atoms with E-state index in [4.69, 9.17) is 14.2 Å². The van der Waals surface area contributed by atoms with E-state index in [2.05, 4.69) is 6.07 Å². The van der Waals surface area contributed by atoms with Crippen molar-refractivity contribution < 1.29 is 27.4 Å². The Kier molecular flexibility index (Phi) is 6.57. The van der Waals surface area contributed by atoms with Crippen LogP contribution >= 0.6 is 0 Å². The molecule has 0 atom stereocenters. The molecule has 172 valence electrons. The van der Waals surface area contributed by atoms with Crippen molar-refractivity contribution in [3.63, 3.8) is 0 Å². The van der Waals surface area contributed by atoms with Gasteiger partial charge >= 0.3 is 0 Å². The standard InChI is InChI=1S/C23H28N2O6S/c1-17-13-18(2)15-19(14-17)29-10-5-23(26)24-6-8-25(9-7-24)32(27,28)20-3-4-21-22(16-20)31-12-11-30-21/h3-4,13-16H,5-12H2,1-2H3. The van der Waals surface area contributed by atoms with E-state index in [-0.39, 0.29) is 36.9 Å². The van der Waals surface area contributed by atoms with E-state index in [0.717, 1.165) is 16.9 Å². The number of carbonyl (C=O) groups is 1. The van der Waals surface area contributed by atoms with Gasteiger partial charge in [-0.25, -0.2) is 8.42 Å². The smallest absolute Gasteiger partial charge is 0.243 e. The maximum Gasteiger partial charge on any atom is 0.243 e. The summed E-state index contributed by atoms with van der Waals surface area (Å²) in [5.74, 6) is 1.71. The molecule has 0 bridgehead atoms. The van der Waals surface area contributed by atoms with Crippen LogP contribution in [0.4, 0.5) is 0 Å². The van der Waals surface area contributed by atoms with Gasteiger partial charge in [0.05, 0.1) is 17.9 Å². The van der Waals surface area contributed by atoms with Crippen LogP contribution in [0.5, 0.6) is 17.2 Å². The Morgan fingerprint density at radius 3 is 2.28 bits per heavy atom. The molecule has 2 aromatic rings. The van der Waals surface area contributed by atoms with Crippen molar-refractivity contribution in [2.24, 2.45) is 0 Å². The lowest BCUT2D eigenvalue weighted by atomic mass is 10.1. The zero-order valence-corrected chi connectivity index (χ0v) is 19.2. The third kappa shape index (κ3) is 4.99. The highest BCUT2D eigenvalue weighted by atomic mass is 32.2. The maximum absolute atomic E-state index is 13.0. The highest BCUT2D eigenvalue weighted by molar-refractivity contribution is 7.89. The Hall–Kier alpha value is -2.78. The van der Waals surface area contributed by atoms with Crippen molar-refractivity contribution in [2.75, 3.05) is 46.0 Å². The fourth-order valence-corrected chi connectivity index (χ4v) is 5.38. The molecule has 1 fully saturated rings. The second kappa shape index (κ2) is 9.38. The quantitative estimate of drug-likeness (QED) is 0.658. The van der Waals surface area contributed by atoms with Gasteiger partial charge in [0, 0.05) is 32.2 Å². The number of carbonyl (C=O) groups excluding carboxylic acids is 1. The summed E-state index contributed by atoms with van der Waals surface area (Å²) in [6.07, 6.45) is 0.252. The first-order chi connectivity index (χ1) is 15.3. The Bertz CT molecular complexity index is 1070. The molecule has 2 aliphatic rings. The van der Waals surface area contributed by atoms with Crippen LogP contribution in [0, 0.1) is 13.8 Å². The predicted octanol–water partition coefficient (Wildman–Crippen LogP) is 2.38. The monoisotopic (exact) mass is 460 g/mol. The van der Waals surface area contributed by atoms with Gasteiger partial charge in [-0.1, -0.05) is 6.07 Å². The molecule has 4 rings (SSSR count). The highest BCUT2D eigenvalue weighted by Gasteiger charge is 2.31. The Labute approximate surface area is 188 Å². The van der Waals surface area contributed by atoms with Crippen molar-refractivity contribution in [3.8, 4) is 17.2 Å². The molecule has 2 aromatic carbocycles. The summed E-state index contributed by atoms with van der Waals surface area (Å²) in [5, 5.41) is 0. The molecule has 0 saturated carbocycles. The van der Waals surface area contributed by atoms with Crippen molar-refractivity contribution >= 4 is 15.9 Å². The van der Waals surface area contributed by atoms with Crippen LogP contribution in [-0.2, 0) is 14.8 Å². The zero-order valence-electron chi connectivity index (χ0n) is 18.4. The molecule has 0 radical (unpaired) electrons. The fraction of sp³-hybridized carbons (Fsp3) is 0.435. The summed E-state index contributed by atoms with van der Waals surface area (Å²) >= 11 is 0. The van der Waals surface area contributed by atoms with Gasteiger partial charge in [0.1, 0.15) is 19.0 Å². The molecule has 2 heterocycles. The highest BCUT2D eigenvalue weighted by Crippen LogP contribution is 2.33. The van der Waals surface area contributed by atoms with E-state index in [1.807, 2.05) is 26.0 Å². The van der Waals surface area contributed by atoms with E-state index in [1.165, 1.54) is 16.4 Å². The molecule has 0 N–H and O–H groups in total. The Balaban J connectivity index is 1.30. The van der Waals surface area contributed by atoms with E-state index < -0.39 is 10.0 Å². The van der Waals surface area contributed by atoms with Crippen LogP contribution in [0.25, 0.3) is 0 Å². The molecular weight excluding hydrogens is 432 g/mol. The van der Waals surface area contributed by atoms with E-state index >= 15 is 0 Å². The second-order valence-corrected chi connectivity index (χ2v) is 9.95. The van der Waals surface area contributed by atoms with Crippen molar-refractivity contribution in [2.45, 2.75) is 25.2 Å². The molecule has 0 spiro atoms. The van der Waals surface area contributed by atoms with Crippen molar-refractivity contribution in [1.82, 2.24) is 9.21 Å². The molecule has 8 nitrogen and oxygen atoms in total. The summed E-state index contributed by atoms with van der Waals surface area (Å²) in [6.45, 7) is 6.35. The lowest BCUT2D eigenvalue weighted by Gasteiger charge is -2.34. The number of ether oxygens (including phenoxy) is 3. The number of nitrogens with zero attached hydrogens (tertiary/aromatic N) is 2. The largest absolute Gasteiger partial charge is 0.493 e. The lowest BCUT2D eigenvalue weighted by molar-refractivity contribution is -0.132. The summed E-state index contributed by atoms with van der Waals surface area (Å²) in [7, 11) is -3.67. The van der Waals surface area contributed by atoms with Crippen LogP contribution in [0.2, 0.25) is 0 Å². The van der Waals surface area contributed by atoms with E-state index in [9.17, 15) is 13.2 Å². The molecule has 2 aliphatic heterocycles. The van der Waals surface area contributed by atoms with Crippen LogP contribution < -0.4 is 14.2 Å². The Morgan fingerprint density at radius 2 is 1.59 bits per heavy atom. The third-order valence-electron chi connectivity index (χ3n) is 5.52. The maximum atomic E-state index is 13.0. The van der Waals surface area contributed by atoms with Gasteiger partial charge in [-0.05, 0) is 49.2 Å². The van der Waals surface area contributed by atoms with Crippen molar-refractivity contribution in [1.29, 1.82) is 0 Å². The van der Waals surface area contributed by atoms with Crippen LogP contribution in [0.1, 0.15) is 17.5 Å². The number of sulfonamides is 1. The second-order valence-electron chi connectivity index (χ2n) is 8.01. The van der Waals surface area contributed by atoms with Crippen LogP contribution in [-0.4, -0.2) is 69.5 Å². The molecule has 32 heavy (non-hydrogen) atoms. The number of benzene rings is 2. The zero-order chi connectivity index (χ0) is 22.7. The summed E-state index contributed by atoms with van der Waals surface area (Å²) in [4.78, 5) is 14.4. The number of hydrogen-bond donors (Lipinski definition) is 0. The average Bonchev–Trinajstić information content (AvgIpc) is 2.78. The molecule has 0 unspecified atom stereocenters. The number of aryl methyl sites for hydroxylation is 2. The lowest BCUT2D eigenvalue weighted by Crippen LogP contribution is -2.50. The fourth-order valence-electron chi connectivity index (χ4n) is 3.94. The van der Waals surface area contributed by atoms with Gasteiger partial charge in [-0.15, -0.1) is 0 Å². The molecule has 0 aromatic heterocycles. The van der Waals surface area contributed by atoms with Gasteiger partial charge in [-0.3, -0.25) is 4.79 Å². The van der Waals surface area contributed by atoms with E-state index in [1.54, 1.807) is 11.0 Å². The minimum atomic E-state index is -3.67. The molecule has 1 amide bonds. The predicted molar refractivity (Wildman–Crippen MR) is 119 cm³/mol. The summed E-state index contributed by atoms with van der Waals surface area (Å²) in [6, 6.07) is 10.6. The minimum Gasteiger partial charge on any atom is -0.493 e. The summed E-state index contributed by atoms with van der Waals surface area (Å²) in [5.41, 5.74) is 2.23. The summed E-state index contributed by atoms with van der Waals surface area (Å²) < 4.78 is 44.2. The SMILES string of the molecule is Cc1cc(C)cc(OCCC(=O)N2CCN(S(=O)(=O)c3ccc4c(c3)OCCO4)CC2)c1. The number of piperazine rings is 1. The van der Waals surface area contributed by atoms with Gasteiger partial charge in [0.2, 0.25) is 15.9 Å². The molecule has 0 aliphatic carbocycles. The van der Waals surface area contributed by atoms with Gasteiger partial charge in [0.25, 0.3) is 0 Å². The first-order valence-electron chi connectivity index (χ1n) is 10.7. The first kappa shape index (κ1) is 22.4. The first-order valence-corrected chi connectivity index (χ1v) is 12.2. The number of fused-ring (bicyclic) bond motifs is 1. The van der Waals surface area contributed by atoms with E-state index in [0.29, 0.717) is 37.8 Å². The van der Waals surface area contributed by atoms with Crippen molar-refractivity contribution in [3.05, 3.63) is 47.5 Å². The average molecular weight is 461 g/mol. The third-order valence-corrected chi connectivity index (χ3v) is 7.42. The number of amides is 1. The number of rotatable bonds is 6.